The lowest BCUT2D eigenvalue weighted by molar-refractivity contribution is 0.144. The third-order valence-electron chi connectivity index (χ3n) is 5.62. The summed E-state index contributed by atoms with van der Waals surface area (Å²) in [5.41, 5.74) is 2.29. The van der Waals surface area contributed by atoms with E-state index < -0.39 is 15.7 Å². The van der Waals surface area contributed by atoms with Crippen molar-refractivity contribution >= 4 is 26.6 Å². The Kier molecular flexibility index (Phi) is 5.92. The molecule has 0 radical (unpaired) electrons. The van der Waals surface area contributed by atoms with E-state index in [0.717, 1.165) is 5.56 Å². The molecule has 0 bridgehead atoms. The van der Waals surface area contributed by atoms with Crippen molar-refractivity contribution in [3.05, 3.63) is 42.3 Å². The summed E-state index contributed by atoms with van der Waals surface area (Å²) in [6.07, 6.45) is 1.66. The molecule has 0 saturated carbocycles. The number of rotatable bonds is 7. The number of aromatic nitrogens is 4. The number of nitrogens with zero attached hydrogens (tertiary/aromatic N) is 4. The van der Waals surface area contributed by atoms with E-state index in [2.05, 4.69) is 20.3 Å². The number of ether oxygens (including phenoxy) is 2. The number of nitrogens with one attached hydrogen (secondary N) is 1. The zero-order chi connectivity index (χ0) is 23.7. The molecule has 1 fully saturated rings. The van der Waals surface area contributed by atoms with Crippen LogP contribution in [0.5, 0.6) is 5.75 Å². The molecule has 0 atom stereocenters. The lowest BCUT2D eigenvalue weighted by Crippen LogP contribution is -2.40. The van der Waals surface area contributed by atoms with Crippen LogP contribution in [-0.2, 0) is 14.6 Å². The first kappa shape index (κ1) is 22.3. The average molecular weight is 488 g/mol. The molecular weight excluding hydrogens is 465 g/mol. The van der Waals surface area contributed by atoms with Gasteiger partial charge in [0.25, 0.3) is 0 Å². The van der Waals surface area contributed by atoms with E-state index in [4.69, 9.17) is 14.0 Å². The molecule has 1 aliphatic rings. The fourth-order valence-electron chi connectivity index (χ4n) is 3.74. The normalized spacial score (nSPS) is 15.6. The van der Waals surface area contributed by atoms with Crippen molar-refractivity contribution in [3.63, 3.8) is 0 Å². The standard InChI is InChI=1S/C22H22FN5O5S/c1-31-6-7-32-19-12-18-15(10-16(19)23)22(26-25-18)20-11-17(27-33-20)14-2-3-21(24-13-14)28-4-8-34(29,30)9-5-28/h2-3,10-13H,4-9H2,1H3,(H,25,26). The van der Waals surface area contributed by atoms with Crippen molar-refractivity contribution in [2.24, 2.45) is 0 Å². The van der Waals surface area contributed by atoms with E-state index in [-0.39, 0.29) is 23.9 Å². The zero-order valence-electron chi connectivity index (χ0n) is 18.3. The van der Waals surface area contributed by atoms with Crippen LogP contribution in [-0.4, -0.2) is 73.7 Å². The molecule has 3 aromatic heterocycles. The van der Waals surface area contributed by atoms with Crippen LogP contribution in [0.1, 0.15) is 0 Å². The summed E-state index contributed by atoms with van der Waals surface area (Å²) in [5.74, 6) is 0.926. The summed E-state index contributed by atoms with van der Waals surface area (Å²) < 4.78 is 53.6. The first-order valence-electron chi connectivity index (χ1n) is 10.6. The molecule has 0 aliphatic carbocycles. The van der Waals surface area contributed by atoms with Crippen LogP contribution < -0.4 is 9.64 Å². The van der Waals surface area contributed by atoms with Gasteiger partial charge in [-0.1, -0.05) is 5.16 Å². The predicted octanol–water partition coefficient (Wildman–Crippen LogP) is 2.68. The number of H-pyrrole nitrogens is 1. The molecule has 10 nitrogen and oxygen atoms in total. The SMILES string of the molecule is COCCOc1cc2[nH]nc(-c3cc(-c4ccc(N5CCS(=O)(=O)CC5)nc4)no3)c2cc1F. The minimum atomic E-state index is -2.96. The molecule has 1 aromatic carbocycles. The number of methoxy groups -OCH3 is 1. The molecule has 4 aromatic rings. The van der Waals surface area contributed by atoms with Gasteiger partial charge in [-0.2, -0.15) is 5.10 Å². The largest absolute Gasteiger partial charge is 0.488 e. The number of halogens is 1. The highest BCUT2D eigenvalue weighted by Gasteiger charge is 2.23. The molecule has 12 heteroatoms. The quantitative estimate of drug-likeness (QED) is 0.392. The Morgan fingerprint density at radius 1 is 1.18 bits per heavy atom. The van der Waals surface area contributed by atoms with Crippen LogP contribution in [0, 0.1) is 5.82 Å². The summed E-state index contributed by atoms with van der Waals surface area (Å²) in [4.78, 5) is 6.40. The first-order chi connectivity index (χ1) is 16.4. The highest BCUT2D eigenvalue weighted by Crippen LogP contribution is 2.33. The van der Waals surface area contributed by atoms with Crippen molar-refractivity contribution in [3.8, 4) is 28.5 Å². The van der Waals surface area contributed by atoms with Gasteiger partial charge in [0.15, 0.2) is 27.2 Å². The molecule has 1 saturated heterocycles. The van der Waals surface area contributed by atoms with Crippen molar-refractivity contribution < 1.29 is 26.8 Å². The van der Waals surface area contributed by atoms with E-state index in [9.17, 15) is 12.8 Å². The van der Waals surface area contributed by atoms with Gasteiger partial charge in [0.05, 0.1) is 23.6 Å². The Labute approximate surface area is 194 Å². The van der Waals surface area contributed by atoms with Crippen molar-refractivity contribution in [1.82, 2.24) is 20.3 Å². The number of hydrogen-bond acceptors (Lipinski definition) is 9. The second-order valence-electron chi connectivity index (χ2n) is 7.86. The molecule has 0 amide bonds. The third-order valence-corrected chi connectivity index (χ3v) is 7.23. The van der Waals surface area contributed by atoms with E-state index in [1.807, 2.05) is 17.0 Å². The summed E-state index contributed by atoms with van der Waals surface area (Å²) in [6, 6.07) is 8.27. The van der Waals surface area contributed by atoms with Gasteiger partial charge < -0.3 is 18.9 Å². The molecule has 178 valence electrons. The maximum absolute atomic E-state index is 14.5. The average Bonchev–Trinajstić information content (AvgIpc) is 3.46. The fraction of sp³-hybridized carbons (Fsp3) is 0.318. The van der Waals surface area contributed by atoms with Gasteiger partial charge in [-0.15, -0.1) is 0 Å². The summed E-state index contributed by atoms with van der Waals surface area (Å²) in [5, 5.41) is 11.8. The minimum Gasteiger partial charge on any atom is -0.488 e. The number of fused-ring (bicyclic) bond motifs is 1. The molecule has 5 rings (SSSR count). The number of sulfone groups is 1. The highest BCUT2D eigenvalue weighted by molar-refractivity contribution is 7.91. The number of pyridine rings is 1. The van der Waals surface area contributed by atoms with E-state index in [1.165, 1.54) is 6.07 Å². The van der Waals surface area contributed by atoms with Gasteiger partial charge in [-0.3, -0.25) is 5.10 Å². The maximum Gasteiger partial charge on any atom is 0.188 e. The van der Waals surface area contributed by atoms with Crippen LogP contribution >= 0.6 is 0 Å². The molecule has 1 N–H and O–H groups in total. The van der Waals surface area contributed by atoms with Gasteiger partial charge in [0.1, 0.15) is 23.8 Å². The zero-order valence-corrected chi connectivity index (χ0v) is 19.1. The van der Waals surface area contributed by atoms with Crippen LogP contribution in [0.25, 0.3) is 33.6 Å². The lowest BCUT2D eigenvalue weighted by atomic mass is 10.1. The smallest absolute Gasteiger partial charge is 0.188 e. The Balaban J connectivity index is 1.35. The van der Waals surface area contributed by atoms with Crippen molar-refractivity contribution in [2.75, 3.05) is 49.8 Å². The van der Waals surface area contributed by atoms with Crippen LogP contribution in [0.3, 0.4) is 0 Å². The Morgan fingerprint density at radius 2 is 2.00 bits per heavy atom. The number of hydrogen-bond donors (Lipinski definition) is 1. The van der Waals surface area contributed by atoms with Gasteiger partial charge in [-0.05, 0) is 18.2 Å². The molecule has 0 spiro atoms. The van der Waals surface area contributed by atoms with Gasteiger partial charge >= 0.3 is 0 Å². The van der Waals surface area contributed by atoms with Gasteiger partial charge in [-0.25, -0.2) is 17.8 Å². The Hall–Kier alpha value is -3.51. The van der Waals surface area contributed by atoms with E-state index >= 15 is 0 Å². The van der Waals surface area contributed by atoms with Crippen molar-refractivity contribution in [2.45, 2.75) is 0 Å². The van der Waals surface area contributed by atoms with Gasteiger partial charge in [0, 0.05) is 49.5 Å². The molecule has 1 aliphatic heterocycles. The first-order valence-corrected chi connectivity index (χ1v) is 12.4. The number of anilines is 1. The Morgan fingerprint density at radius 3 is 2.74 bits per heavy atom. The second-order valence-corrected chi connectivity index (χ2v) is 10.2. The molecule has 4 heterocycles. The van der Waals surface area contributed by atoms with E-state index in [0.29, 0.717) is 53.6 Å². The summed E-state index contributed by atoms with van der Waals surface area (Å²) in [6.45, 7) is 1.42. The number of benzene rings is 1. The summed E-state index contributed by atoms with van der Waals surface area (Å²) >= 11 is 0. The molecular formula is C22H22FN5O5S. The predicted molar refractivity (Wildman–Crippen MR) is 123 cm³/mol. The van der Waals surface area contributed by atoms with Crippen molar-refractivity contribution in [1.29, 1.82) is 0 Å². The van der Waals surface area contributed by atoms with Crippen LogP contribution in [0.4, 0.5) is 10.2 Å². The molecule has 34 heavy (non-hydrogen) atoms. The monoisotopic (exact) mass is 487 g/mol. The number of aromatic amines is 1. The highest BCUT2D eigenvalue weighted by atomic mass is 32.2. The Bertz CT molecular complexity index is 1400. The van der Waals surface area contributed by atoms with Crippen LogP contribution in [0.15, 0.2) is 41.1 Å². The van der Waals surface area contributed by atoms with E-state index in [1.54, 1.807) is 25.4 Å². The fourth-order valence-corrected chi connectivity index (χ4v) is 4.94. The summed E-state index contributed by atoms with van der Waals surface area (Å²) in [7, 11) is -1.41. The van der Waals surface area contributed by atoms with Gasteiger partial charge in [0.2, 0.25) is 0 Å². The van der Waals surface area contributed by atoms with Crippen LogP contribution in [0.2, 0.25) is 0 Å². The maximum atomic E-state index is 14.5. The second kappa shape index (κ2) is 9.03. The minimum absolute atomic E-state index is 0.107. The topological polar surface area (TPSA) is 123 Å². The third kappa shape index (κ3) is 4.46. The lowest BCUT2D eigenvalue weighted by Gasteiger charge is -2.27. The molecule has 0 unspecified atom stereocenters.